The average Bonchev–Trinajstić information content (AvgIpc) is 2.22. The first kappa shape index (κ1) is 11.3. The molecule has 1 aliphatic carbocycles. The molecule has 0 bridgehead atoms. The number of nitrogens with zero attached hydrogens (tertiary/aromatic N) is 3. The number of rotatable bonds is 3. The largest absolute Gasteiger partial charge is 0.480 e. The van der Waals surface area contributed by atoms with Gasteiger partial charge in [-0.3, -0.25) is 0 Å². The number of aromatic nitrogens is 2. The van der Waals surface area contributed by atoms with Crippen molar-refractivity contribution in [3.63, 3.8) is 0 Å². The summed E-state index contributed by atoms with van der Waals surface area (Å²) in [6, 6.07) is 3.48. The van der Waals surface area contributed by atoms with E-state index in [4.69, 9.17) is 10.4 Å². The van der Waals surface area contributed by atoms with Crippen LogP contribution >= 0.6 is 0 Å². The molecule has 0 unspecified atom stereocenters. The molecule has 0 atom stereocenters. The summed E-state index contributed by atoms with van der Waals surface area (Å²) < 4.78 is 0. The number of anilines is 1. The Hall–Kier alpha value is -2.16. The number of hydrogen-bond acceptors (Lipinski definition) is 5. The van der Waals surface area contributed by atoms with Crippen molar-refractivity contribution >= 4 is 11.9 Å². The molecule has 2 N–H and O–H groups in total. The van der Waals surface area contributed by atoms with Crippen molar-refractivity contribution in [1.29, 1.82) is 5.26 Å². The molecule has 0 saturated heterocycles. The van der Waals surface area contributed by atoms with Crippen LogP contribution in [0.25, 0.3) is 0 Å². The minimum absolute atomic E-state index is 0.212. The molecule has 0 amide bonds. The lowest BCUT2D eigenvalue weighted by molar-refractivity contribution is -0.145. The topological polar surface area (TPSA) is 98.9 Å². The Balaban J connectivity index is 2.27. The molecule has 0 spiro atoms. The predicted octanol–water partition coefficient (Wildman–Crippen LogP) is 1.08. The normalized spacial score (nSPS) is 16.7. The summed E-state index contributed by atoms with van der Waals surface area (Å²) >= 11 is 0. The van der Waals surface area contributed by atoms with Crippen LogP contribution in [-0.2, 0) is 4.79 Å². The van der Waals surface area contributed by atoms with Gasteiger partial charge in [0.2, 0.25) is 5.95 Å². The highest BCUT2D eigenvalue weighted by Gasteiger charge is 2.45. The highest BCUT2D eigenvalue weighted by Crippen LogP contribution is 2.34. The van der Waals surface area contributed by atoms with Crippen molar-refractivity contribution in [1.82, 2.24) is 9.97 Å². The van der Waals surface area contributed by atoms with Crippen LogP contribution in [-0.4, -0.2) is 26.6 Å². The van der Waals surface area contributed by atoms with E-state index in [1.807, 2.05) is 6.07 Å². The minimum Gasteiger partial charge on any atom is -0.480 e. The van der Waals surface area contributed by atoms with Crippen LogP contribution in [0, 0.1) is 18.3 Å². The second kappa shape index (κ2) is 4.01. The van der Waals surface area contributed by atoms with Crippen molar-refractivity contribution < 1.29 is 9.90 Å². The van der Waals surface area contributed by atoms with Gasteiger partial charge in [-0.25, -0.2) is 14.8 Å². The second-order valence-electron chi connectivity index (χ2n) is 4.20. The van der Waals surface area contributed by atoms with E-state index in [1.165, 1.54) is 0 Å². The highest BCUT2D eigenvalue weighted by molar-refractivity contribution is 5.83. The summed E-state index contributed by atoms with van der Waals surface area (Å²) in [7, 11) is 0. The zero-order valence-electron chi connectivity index (χ0n) is 9.40. The fraction of sp³-hybridized carbons (Fsp3) is 0.455. The molecule has 6 heteroatoms. The molecule has 1 saturated carbocycles. The van der Waals surface area contributed by atoms with Crippen molar-refractivity contribution in [3.05, 3.63) is 17.5 Å². The van der Waals surface area contributed by atoms with E-state index in [2.05, 4.69) is 15.3 Å². The SMILES string of the molecule is Cc1cc(C#N)nc(NC2(C(=O)O)CCC2)n1. The summed E-state index contributed by atoms with van der Waals surface area (Å²) in [5.41, 5.74) is -0.0840. The van der Waals surface area contributed by atoms with Gasteiger partial charge in [-0.2, -0.15) is 5.26 Å². The lowest BCUT2D eigenvalue weighted by atomic mass is 9.77. The first-order valence-electron chi connectivity index (χ1n) is 5.33. The quantitative estimate of drug-likeness (QED) is 0.808. The van der Waals surface area contributed by atoms with Crippen LogP contribution in [0.3, 0.4) is 0 Å². The molecule has 17 heavy (non-hydrogen) atoms. The number of nitrogens with one attached hydrogen (secondary N) is 1. The standard InChI is InChI=1S/C11H12N4O2/c1-7-5-8(6-12)14-10(13-7)15-11(9(16)17)3-2-4-11/h5H,2-4H2,1H3,(H,16,17)(H,13,14,15). The van der Waals surface area contributed by atoms with Gasteiger partial charge in [0.25, 0.3) is 0 Å². The number of carboxylic acid groups (broad SMARTS) is 1. The maximum Gasteiger partial charge on any atom is 0.329 e. The van der Waals surface area contributed by atoms with Gasteiger partial charge in [0.15, 0.2) is 0 Å². The van der Waals surface area contributed by atoms with Crippen molar-refractivity contribution in [2.45, 2.75) is 31.7 Å². The number of carboxylic acids is 1. The lowest BCUT2D eigenvalue weighted by Crippen LogP contribution is -2.52. The molecule has 1 aromatic rings. The molecule has 1 fully saturated rings. The molecule has 1 aromatic heterocycles. The van der Waals surface area contributed by atoms with E-state index in [1.54, 1.807) is 13.0 Å². The third-order valence-corrected chi connectivity index (χ3v) is 2.94. The fourth-order valence-electron chi connectivity index (χ4n) is 1.82. The van der Waals surface area contributed by atoms with Gasteiger partial charge in [-0.05, 0) is 32.3 Å². The smallest absolute Gasteiger partial charge is 0.329 e. The van der Waals surface area contributed by atoms with E-state index in [9.17, 15) is 4.79 Å². The van der Waals surface area contributed by atoms with Gasteiger partial charge in [-0.15, -0.1) is 0 Å². The monoisotopic (exact) mass is 232 g/mol. The van der Waals surface area contributed by atoms with Crippen LogP contribution in [0.1, 0.15) is 30.7 Å². The number of aliphatic carboxylic acids is 1. The summed E-state index contributed by atoms with van der Waals surface area (Å²) in [5.74, 6) is -0.684. The summed E-state index contributed by atoms with van der Waals surface area (Å²) in [4.78, 5) is 19.2. The second-order valence-corrected chi connectivity index (χ2v) is 4.20. The number of aryl methyl sites for hydroxylation is 1. The van der Waals surface area contributed by atoms with Gasteiger partial charge in [-0.1, -0.05) is 0 Å². The van der Waals surface area contributed by atoms with Gasteiger partial charge >= 0.3 is 5.97 Å². The van der Waals surface area contributed by atoms with E-state index in [0.717, 1.165) is 6.42 Å². The van der Waals surface area contributed by atoms with Crippen molar-refractivity contribution in [2.24, 2.45) is 0 Å². The van der Waals surface area contributed by atoms with Crippen molar-refractivity contribution in [3.8, 4) is 6.07 Å². The maximum absolute atomic E-state index is 11.2. The summed E-state index contributed by atoms with van der Waals surface area (Å²) in [6.45, 7) is 1.74. The van der Waals surface area contributed by atoms with Crippen LogP contribution in [0.4, 0.5) is 5.95 Å². The van der Waals surface area contributed by atoms with Crippen LogP contribution < -0.4 is 5.32 Å². The van der Waals surface area contributed by atoms with E-state index in [0.29, 0.717) is 18.5 Å². The molecule has 88 valence electrons. The zero-order valence-corrected chi connectivity index (χ0v) is 9.40. The summed E-state index contributed by atoms with van der Waals surface area (Å²) in [6.07, 6.45) is 1.99. The van der Waals surface area contributed by atoms with E-state index in [-0.39, 0.29) is 11.6 Å². The third kappa shape index (κ3) is 2.04. The molecule has 1 heterocycles. The number of carbonyl (C=O) groups is 1. The van der Waals surface area contributed by atoms with Gasteiger partial charge in [0, 0.05) is 5.69 Å². The molecule has 0 aromatic carbocycles. The Morgan fingerprint density at radius 3 is 2.76 bits per heavy atom. The van der Waals surface area contributed by atoms with E-state index >= 15 is 0 Å². The number of hydrogen-bond donors (Lipinski definition) is 2. The van der Waals surface area contributed by atoms with Crippen LogP contribution in [0.15, 0.2) is 6.07 Å². The molecule has 0 aliphatic heterocycles. The number of nitriles is 1. The fourth-order valence-corrected chi connectivity index (χ4v) is 1.82. The van der Waals surface area contributed by atoms with Crippen LogP contribution in [0.5, 0.6) is 0 Å². The molecular weight excluding hydrogens is 220 g/mol. The Morgan fingerprint density at radius 1 is 1.59 bits per heavy atom. The minimum atomic E-state index is -0.958. The Bertz CT molecular complexity index is 503. The van der Waals surface area contributed by atoms with Crippen LogP contribution in [0.2, 0.25) is 0 Å². The predicted molar refractivity (Wildman–Crippen MR) is 59.3 cm³/mol. The third-order valence-electron chi connectivity index (χ3n) is 2.94. The highest BCUT2D eigenvalue weighted by atomic mass is 16.4. The molecule has 0 radical (unpaired) electrons. The maximum atomic E-state index is 11.2. The Kier molecular flexibility index (Phi) is 2.68. The Morgan fingerprint density at radius 2 is 2.29 bits per heavy atom. The van der Waals surface area contributed by atoms with E-state index < -0.39 is 11.5 Å². The molecular formula is C11H12N4O2. The van der Waals surface area contributed by atoms with Gasteiger partial charge < -0.3 is 10.4 Å². The zero-order chi connectivity index (χ0) is 12.5. The first-order valence-corrected chi connectivity index (χ1v) is 5.33. The molecule has 6 nitrogen and oxygen atoms in total. The molecule has 1 aliphatic rings. The first-order chi connectivity index (χ1) is 8.05. The van der Waals surface area contributed by atoms with Crippen molar-refractivity contribution in [2.75, 3.05) is 5.32 Å². The summed E-state index contributed by atoms with van der Waals surface area (Å²) in [5, 5.41) is 20.8. The lowest BCUT2D eigenvalue weighted by Gasteiger charge is -2.38. The average molecular weight is 232 g/mol. The van der Waals surface area contributed by atoms with Gasteiger partial charge in [0.05, 0.1) is 0 Å². The van der Waals surface area contributed by atoms with Gasteiger partial charge in [0.1, 0.15) is 17.3 Å². The Labute approximate surface area is 98.3 Å². The molecule has 2 rings (SSSR count).